The highest BCUT2D eigenvalue weighted by Crippen LogP contribution is 2.33. The van der Waals surface area contributed by atoms with Crippen molar-refractivity contribution >= 4 is 28.9 Å². The Labute approximate surface area is 135 Å². The molecule has 22 heavy (non-hydrogen) atoms. The number of anilines is 1. The van der Waals surface area contributed by atoms with Crippen LogP contribution < -0.4 is 5.32 Å². The van der Waals surface area contributed by atoms with Crippen LogP contribution in [0.3, 0.4) is 0 Å². The molecule has 1 saturated heterocycles. The Hall–Kier alpha value is -1.40. The molecule has 1 fully saturated rings. The van der Waals surface area contributed by atoms with Gasteiger partial charge in [-0.2, -0.15) is 0 Å². The van der Waals surface area contributed by atoms with Crippen LogP contribution in [0, 0.1) is 13.8 Å². The molecule has 5 nitrogen and oxygen atoms in total. The maximum Gasteiger partial charge on any atom is 0.350 e. The molecule has 0 unspecified atom stereocenters. The number of hydrogen-bond donors (Lipinski definition) is 1. The molecule has 1 amide bonds. The number of aryl methyl sites for hydroxylation is 1. The zero-order chi connectivity index (χ0) is 16.1. The van der Waals surface area contributed by atoms with Crippen molar-refractivity contribution < 1.29 is 14.3 Å². The molecule has 6 heteroatoms. The molecular weight excluding hydrogens is 300 g/mol. The fraction of sp³-hybridized carbons (Fsp3) is 0.625. The van der Waals surface area contributed by atoms with Crippen molar-refractivity contribution in [1.29, 1.82) is 0 Å². The quantitative estimate of drug-likeness (QED) is 0.846. The minimum atomic E-state index is -0.364. The number of esters is 1. The van der Waals surface area contributed by atoms with Gasteiger partial charge in [0.25, 0.3) is 0 Å². The normalized spacial score (nSPS) is 15.6. The molecule has 0 aliphatic carbocycles. The van der Waals surface area contributed by atoms with Crippen LogP contribution in [0.25, 0.3) is 0 Å². The van der Waals surface area contributed by atoms with Crippen molar-refractivity contribution in [1.82, 2.24) is 4.90 Å². The van der Waals surface area contributed by atoms with Crippen LogP contribution >= 0.6 is 11.3 Å². The first kappa shape index (κ1) is 17.0. The number of carbonyl (C=O) groups is 2. The van der Waals surface area contributed by atoms with Gasteiger partial charge in [0.05, 0.1) is 18.8 Å². The van der Waals surface area contributed by atoms with Crippen LogP contribution in [0.1, 0.15) is 46.3 Å². The largest absolute Gasteiger partial charge is 0.462 e. The summed E-state index contributed by atoms with van der Waals surface area (Å²) in [7, 11) is 0. The summed E-state index contributed by atoms with van der Waals surface area (Å²) < 4.78 is 5.08. The van der Waals surface area contributed by atoms with Crippen molar-refractivity contribution in [2.45, 2.75) is 40.0 Å². The number of likely N-dealkylation sites (tertiary alicyclic amines) is 1. The van der Waals surface area contributed by atoms with E-state index >= 15 is 0 Å². The monoisotopic (exact) mass is 324 g/mol. The second-order valence-corrected chi connectivity index (χ2v) is 6.82. The first-order chi connectivity index (χ1) is 10.5. The zero-order valence-corrected chi connectivity index (χ0v) is 14.3. The molecule has 2 rings (SSSR count). The van der Waals surface area contributed by atoms with Gasteiger partial charge >= 0.3 is 5.97 Å². The van der Waals surface area contributed by atoms with Crippen molar-refractivity contribution in [2.24, 2.45) is 0 Å². The van der Waals surface area contributed by atoms with Crippen LogP contribution in [0.2, 0.25) is 0 Å². The zero-order valence-electron chi connectivity index (χ0n) is 13.5. The number of carbonyl (C=O) groups excluding carboxylic acids is 2. The number of rotatable bonds is 5. The third-order valence-corrected chi connectivity index (χ3v) is 5.11. The summed E-state index contributed by atoms with van der Waals surface area (Å²) in [6, 6.07) is 0. The fourth-order valence-corrected chi connectivity index (χ4v) is 3.63. The molecular formula is C16H24N2O3S. The summed E-state index contributed by atoms with van der Waals surface area (Å²) in [5.74, 6) is -0.426. The van der Waals surface area contributed by atoms with Gasteiger partial charge in [0, 0.05) is 4.88 Å². The Morgan fingerprint density at radius 3 is 2.55 bits per heavy atom. The number of amides is 1. The van der Waals surface area contributed by atoms with E-state index in [-0.39, 0.29) is 11.9 Å². The van der Waals surface area contributed by atoms with E-state index in [1.54, 1.807) is 6.92 Å². The molecule has 0 saturated carbocycles. The SMILES string of the molecule is CCOC(=O)c1sc(C)c(C)c1NC(=O)CN1CCCCC1. The number of thiophene rings is 1. The topological polar surface area (TPSA) is 58.6 Å². The second kappa shape index (κ2) is 7.74. The van der Waals surface area contributed by atoms with Crippen LogP contribution in [0.4, 0.5) is 5.69 Å². The Morgan fingerprint density at radius 1 is 1.23 bits per heavy atom. The molecule has 0 aromatic carbocycles. The summed E-state index contributed by atoms with van der Waals surface area (Å²) >= 11 is 1.37. The third kappa shape index (κ3) is 4.08. The molecule has 0 radical (unpaired) electrons. The average molecular weight is 324 g/mol. The van der Waals surface area contributed by atoms with Gasteiger partial charge in [0.15, 0.2) is 0 Å². The lowest BCUT2D eigenvalue weighted by atomic mass is 10.1. The van der Waals surface area contributed by atoms with E-state index in [0.29, 0.717) is 23.7 Å². The van der Waals surface area contributed by atoms with Gasteiger partial charge in [-0.3, -0.25) is 9.69 Å². The number of piperidine rings is 1. The van der Waals surface area contributed by atoms with Gasteiger partial charge in [-0.1, -0.05) is 6.42 Å². The lowest BCUT2D eigenvalue weighted by Crippen LogP contribution is -2.37. The van der Waals surface area contributed by atoms with E-state index in [1.807, 2.05) is 13.8 Å². The summed E-state index contributed by atoms with van der Waals surface area (Å²) in [6.07, 6.45) is 3.55. The van der Waals surface area contributed by atoms with Crippen LogP contribution in [0.5, 0.6) is 0 Å². The van der Waals surface area contributed by atoms with Gasteiger partial charge < -0.3 is 10.1 Å². The Kier molecular flexibility index (Phi) is 5.97. The van der Waals surface area contributed by atoms with E-state index < -0.39 is 0 Å². The molecule has 0 bridgehead atoms. The highest BCUT2D eigenvalue weighted by molar-refractivity contribution is 7.14. The summed E-state index contributed by atoms with van der Waals surface area (Å²) in [6.45, 7) is 8.31. The number of hydrogen-bond acceptors (Lipinski definition) is 5. The maximum atomic E-state index is 12.3. The molecule has 1 aliphatic rings. The van der Waals surface area contributed by atoms with Crippen LogP contribution in [0.15, 0.2) is 0 Å². The average Bonchev–Trinajstić information content (AvgIpc) is 2.77. The van der Waals surface area contributed by atoms with E-state index in [0.717, 1.165) is 36.4 Å². The van der Waals surface area contributed by atoms with Gasteiger partial charge in [0.1, 0.15) is 4.88 Å². The molecule has 1 aliphatic heterocycles. The summed E-state index contributed by atoms with van der Waals surface area (Å²) in [5, 5.41) is 2.92. The first-order valence-corrected chi connectivity index (χ1v) is 8.64. The third-order valence-electron chi connectivity index (χ3n) is 3.93. The molecule has 1 aromatic heterocycles. The van der Waals surface area contributed by atoms with Gasteiger partial charge in [-0.15, -0.1) is 11.3 Å². The molecule has 0 atom stereocenters. The van der Waals surface area contributed by atoms with Crippen LogP contribution in [-0.4, -0.2) is 43.0 Å². The first-order valence-electron chi connectivity index (χ1n) is 7.82. The summed E-state index contributed by atoms with van der Waals surface area (Å²) in [4.78, 5) is 28.0. The highest BCUT2D eigenvalue weighted by atomic mass is 32.1. The van der Waals surface area contributed by atoms with Crippen LogP contribution in [-0.2, 0) is 9.53 Å². The molecule has 1 aromatic rings. The number of ether oxygens (including phenoxy) is 1. The minimum Gasteiger partial charge on any atom is -0.462 e. The van der Waals surface area contributed by atoms with Gasteiger partial charge in [-0.05, 0) is 52.3 Å². The lowest BCUT2D eigenvalue weighted by Gasteiger charge is -2.25. The van der Waals surface area contributed by atoms with Gasteiger partial charge in [0.2, 0.25) is 5.91 Å². The Bertz CT molecular complexity index is 548. The molecule has 1 N–H and O–H groups in total. The van der Waals surface area contributed by atoms with E-state index in [2.05, 4.69) is 10.2 Å². The highest BCUT2D eigenvalue weighted by Gasteiger charge is 2.22. The molecule has 0 spiro atoms. The van der Waals surface area contributed by atoms with E-state index in [4.69, 9.17) is 4.74 Å². The Balaban J connectivity index is 2.07. The Morgan fingerprint density at radius 2 is 1.91 bits per heavy atom. The predicted octanol–water partition coefficient (Wildman–Crippen LogP) is 2.97. The maximum absolute atomic E-state index is 12.3. The van der Waals surface area contributed by atoms with Crippen molar-refractivity contribution in [3.63, 3.8) is 0 Å². The molecule has 122 valence electrons. The van der Waals surface area contributed by atoms with E-state index in [9.17, 15) is 9.59 Å². The van der Waals surface area contributed by atoms with Crippen molar-refractivity contribution in [3.05, 3.63) is 15.3 Å². The molecule has 2 heterocycles. The lowest BCUT2D eigenvalue weighted by molar-refractivity contribution is -0.117. The summed E-state index contributed by atoms with van der Waals surface area (Å²) in [5.41, 5.74) is 1.56. The van der Waals surface area contributed by atoms with E-state index in [1.165, 1.54) is 17.8 Å². The van der Waals surface area contributed by atoms with Crippen molar-refractivity contribution in [2.75, 3.05) is 31.6 Å². The predicted molar refractivity (Wildman–Crippen MR) is 88.7 cm³/mol. The smallest absolute Gasteiger partial charge is 0.350 e. The van der Waals surface area contributed by atoms with Crippen molar-refractivity contribution in [3.8, 4) is 0 Å². The number of nitrogens with zero attached hydrogens (tertiary/aromatic N) is 1. The minimum absolute atomic E-state index is 0.0617. The standard InChI is InChI=1S/C16H24N2O3S/c1-4-21-16(20)15-14(11(2)12(3)22-15)17-13(19)10-18-8-6-5-7-9-18/h4-10H2,1-3H3,(H,17,19). The second-order valence-electron chi connectivity index (χ2n) is 5.59. The fourth-order valence-electron chi connectivity index (χ4n) is 2.62. The number of nitrogens with one attached hydrogen (secondary N) is 1. The van der Waals surface area contributed by atoms with Gasteiger partial charge in [-0.25, -0.2) is 4.79 Å².